The molecule has 1 atom stereocenters. The molecule has 148 valence electrons. The summed E-state index contributed by atoms with van der Waals surface area (Å²) in [6, 6.07) is 4.31. The quantitative estimate of drug-likeness (QED) is 0.682. The SMILES string of the molecule is CCn1cc(CN2CCC[C@H](c3nc4ccc(N5CCCC5)cn4n3)C2)cn1. The van der Waals surface area contributed by atoms with Gasteiger partial charge in [0.25, 0.3) is 0 Å². The van der Waals surface area contributed by atoms with E-state index < -0.39 is 0 Å². The Morgan fingerprint density at radius 2 is 1.96 bits per heavy atom. The minimum Gasteiger partial charge on any atom is -0.370 e. The number of nitrogens with zero attached hydrogens (tertiary/aromatic N) is 7. The Bertz CT molecular complexity index is 937. The van der Waals surface area contributed by atoms with Crippen molar-refractivity contribution in [2.24, 2.45) is 0 Å². The van der Waals surface area contributed by atoms with E-state index in [0.717, 1.165) is 50.7 Å². The van der Waals surface area contributed by atoms with Crippen molar-refractivity contribution in [3.8, 4) is 0 Å². The first kappa shape index (κ1) is 17.7. The normalized spacial score (nSPS) is 21.0. The van der Waals surface area contributed by atoms with E-state index in [-0.39, 0.29) is 0 Å². The maximum Gasteiger partial charge on any atom is 0.156 e. The number of likely N-dealkylation sites (tertiary alicyclic amines) is 1. The highest BCUT2D eigenvalue weighted by atomic mass is 15.3. The number of hydrogen-bond donors (Lipinski definition) is 0. The molecule has 28 heavy (non-hydrogen) atoms. The van der Waals surface area contributed by atoms with Crippen molar-refractivity contribution < 1.29 is 0 Å². The van der Waals surface area contributed by atoms with Crippen molar-refractivity contribution in [2.75, 3.05) is 31.1 Å². The van der Waals surface area contributed by atoms with Gasteiger partial charge < -0.3 is 4.90 Å². The summed E-state index contributed by atoms with van der Waals surface area (Å²) in [5.74, 6) is 1.40. The lowest BCUT2D eigenvalue weighted by atomic mass is 9.97. The molecule has 5 heterocycles. The molecule has 0 spiro atoms. The summed E-state index contributed by atoms with van der Waals surface area (Å²) in [6.45, 7) is 8.47. The molecule has 2 saturated heterocycles. The Morgan fingerprint density at radius 3 is 2.79 bits per heavy atom. The monoisotopic (exact) mass is 379 g/mol. The van der Waals surface area contributed by atoms with Crippen molar-refractivity contribution in [3.63, 3.8) is 0 Å². The Morgan fingerprint density at radius 1 is 1.07 bits per heavy atom. The number of fused-ring (bicyclic) bond motifs is 1. The molecule has 7 heteroatoms. The molecule has 2 aliphatic rings. The molecule has 3 aromatic rings. The lowest BCUT2D eigenvalue weighted by molar-refractivity contribution is 0.196. The fourth-order valence-corrected chi connectivity index (χ4v) is 4.55. The zero-order chi connectivity index (χ0) is 18.9. The number of pyridine rings is 1. The molecule has 2 fully saturated rings. The predicted octanol–water partition coefficient (Wildman–Crippen LogP) is 2.93. The third kappa shape index (κ3) is 3.51. The van der Waals surface area contributed by atoms with E-state index in [9.17, 15) is 0 Å². The molecular formula is C21H29N7. The van der Waals surface area contributed by atoms with E-state index in [1.54, 1.807) is 0 Å². The maximum atomic E-state index is 4.86. The molecule has 3 aromatic heterocycles. The lowest BCUT2D eigenvalue weighted by Gasteiger charge is -2.30. The van der Waals surface area contributed by atoms with E-state index in [1.165, 1.54) is 36.9 Å². The Hall–Kier alpha value is -2.41. The van der Waals surface area contributed by atoms with Gasteiger partial charge in [-0.2, -0.15) is 10.2 Å². The Balaban J connectivity index is 1.31. The van der Waals surface area contributed by atoms with Gasteiger partial charge in [0, 0.05) is 50.4 Å². The second kappa shape index (κ2) is 7.54. The molecule has 0 unspecified atom stereocenters. The van der Waals surface area contributed by atoms with Crippen LogP contribution in [0.4, 0.5) is 5.69 Å². The van der Waals surface area contributed by atoms with Crippen molar-refractivity contribution >= 4 is 11.3 Å². The third-order valence-electron chi connectivity index (χ3n) is 6.09. The summed E-state index contributed by atoms with van der Waals surface area (Å²) < 4.78 is 3.98. The van der Waals surface area contributed by atoms with Gasteiger partial charge in [-0.3, -0.25) is 9.58 Å². The number of aryl methyl sites for hydroxylation is 1. The van der Waals surface area contributed by atoms with Gasteiger partial charge in [-0.1, -0.05) is 0 Å². The van der Waals surface area contributed by atoms with Gasteiger partial charge in [0.05, 0.1) is 18.1 Å². The summed E-state index contributed by atoms with van der Waals surface area (Å²) in [4.78, 5) is 9.82. The topological polar surface area (TPSA) is 54.5 Å². The zero-order valence-electron chi connectivity index (χ0n) is 16.7. The minimum absolute atomic E-state index is 0.408. The predicted molar refractivity (Wildman–Crippen MR) is 110 cm³/mol. The summed E-state index contributed by atoms with van der Waals surface area (Å²) in [5, 5.41) is 9.27. The second-order valence-electron chi connectivity index (χ2n) is 8.13. The van der Waals surface area contributed by atoms with E-state index in [1.807, 2.05) is 15.4 Å². The summed E-state index contributed by atoms with van der Waals surface area (Å²) in [5.41, 5.74) is 3.51. The van der Waals surface area contributed by atoms with Crippen molar-refractivity contribution in [3.05, 3.63) is 42.1 Å². The van der Waals surface area contributed by atoms with Gasteiger partial charge in [-0.25, -0.2) is 9.50 Å². The van der Waals surface area contributed by atoms with Gasteiger partial charge in [-0.05, 0) is 51.3 Å². The van der Waals surface area contributed by atoms with Gasteiger partial charge in [0.15, 0.2) is 11.5 Å². The molecule has 2 aliphatic heterocycles. The largest absolute Gasteiger partial charge is 0.370 e. The van der Waals surface area contributed by atoms with Gasteiger partial charge in [0.1, 0.15) is 0 Å². The molecule has 0 radical (unpaired) electrons. The molecule has 0 N–H and O–H groups in total. The first-order valence-corrected chi connectivity index (χ1v) is 10.6. The van der Waals surface area contributed by atoms with Gasteiger partial charge in [0.2, 0.25) is 0 Å². The van der Waals surface area contributed by atoms with Crippen molar-refractivity contribution in [1.29, 1.82) is 0 Å². The molecule has 0 amide bonds. The summed E-state index contributed by atoms with van der Waals surface area (Å²) >= 11 is 0. The number of rotatable bonds is 5. The first-order chi connectivity index (χ1) is 13.8. The average Bonchev–Trinajstić information content (AvgIpc) is 3.47. The van der Waals surface area contributed by atoms with Crippen LogP contribution in [-0.2, 0) is 13.1 Å². The van der Waals surface area contributed by atoms with E-state index in [2.05, 4.69) is 46.3 Å². The molecule has 0 saturated carbocycles. The summed E-state index contributed by atoms with van der Waals surface area (Å²) in [7, 11) is 0. The average molecular weight is 380 g/mol. The fourth-order valence-electron chi connectivity index (χ4n) is 4.55. The highest BCUT2D eigenvalue weighted by Crippen LogP contribution is 2.27. The van der Waals surface area contributed by atoms with Crippen LogP contribution >= 0.6 is 0 Å². The van der Waals surface area contributed by atoms with Crippen LogP contribution in [0.15, 0.2) is 30.7 Å². The van der Waals surface area contributed by atoms with Gasteiger partial charge in [-0.15, -0.1) is 0 Å². The first-order valence-electron chi connectivity index (χ1n) is 10.6. The minimum atomic E-state index is 0.408. The van der Waals surface area contributed by atoms with Crippen LogP contribution < -0.4 is 4.90 Å². The van der Waals surface area contributed by atoms with E-state index >= 15 is 0 Å². The van der Waals surface area contributed by atoms with Crippen molar-refractivity contribution in [1.82, 2.24) is 29.3 Å². The standard InChI is InChI=1S/C21H29N7/c1-2-27-14-17(12-22-27)13-25-9-5-6-18(15-25)21-23-20-8-7-19(16-28(20)24-21)26-10-3-4-11-26/h7-8,12,14,16,18H,2-6,9-11,13,15H2,1H3/t18-/m0/s1. The van der Waals surface area contributed by atoms with Crippen LogP contribution in [0.1, 0.15) is 49.9 Å². The number of aromatic nitrogens is 5. The van der Waals surface area contributed by atoms with Crippen LogP contribution in [0.2, 0.25) is 0 Å². The Kier molecular flexibility index (Phi) is 4.76. The van der Waals surface area contributed by atoms with Gasteiger partial charge >= 0.3 is 0 Å². The van der Waals surface area contributed by atoms with E-state index in [0.29, 0.717) is 5.92 Å². The number of piperidine rings is 1. The maximum absolute atomic E-state index is 4.86. The third-order valence-corrected chi connectivity index (χ3v) is 6.09. The molecule has 0 bridgehead atoms. The zero-order valence-corrected chi connectivity index (χ0v) is 16.7. The summed E-state index contributed by atoms with van der Waals surface area (Å²) in [6.07, 6.45) is 11.2. The second-order valence-corrected chi connectivity index (χ2v) is 8.13. The highest BCUT2D eigenvalue weighted by Gasteiger charge is 2.25. The number of hydrogen-bond acceptors (Lipinski definition) is 5. The van der Waals surface area contributed by atoms with Crippen LogP contribution in [0.3, 0.4) is 0 Å². The van der Waals surface area contributed by atoms with Crippen LogP contribution in [0, 0.1) is 0 Å². The molecule has 7 nitrogen and oxygen atoms in total. The molecular weight excluding hydrogens is 350 g/mol. The van der Waals surface area contributed by atoms with Crippen LogP contribution in [0.5, 0.6) is 0 Å². The Labute approximate surface area is 166 Å². The number of anilines is 1. The van der Waals surface area contributed by atoms with Crippen LogP contribution in [0.25, 0.3) is 5.65 Å². The molecule has 5 rings (SSSR count). The molecule has 0 aliphatic carbocycles. The molecule has 0 aromatic carbocycles. The van der Waals surface area contributed by atoms with Crippen molar-refractivity contribution in [2.45, 2.75) is 51.6 Å². The lowest BCUT2D eigenvalue weighted by Crippen LogP contribution is -2.34. The van der Waals surface area contributed by atoms with Crippen LogP contribution in [-0.4, -0.2) is 55.5 Å². The highest BCUT2D eigenvalue weighted by molar-refractivity contribution is 5.51. The van der Waals surface area contributed by atoms with E-state index in [4.69, 9.17) is 10.1 Å². The smallest absolute Gasteiger partial charge is 0.156 e. The fraction of sp³-hybridized carbons (Fsp3) is 0.571.